The smallest absolute Gasteiger partial charge is 0.264 e. The minimum atomic E-state index is -3.84. The predicted molar refractivity (Wildman–Crippen MR) is 139 cm³/mol. The summed E-state index contributed by atoms with van der Waals surface area (Å²) < 4.78 is 32.7. The van der Waals surface area contributed by atoms with E-state index in [1.165, 1.54) is 23.3 Å². The first kappa shape index (κ1) is 26.4. The number of ether oxygens (including phenoxy) is 1. The fourth-order valence-electron chi connectivity index (χ4n) is 3.73. The molecular weight excluding hydrogens is 460 g/mol. The van der Waals surface area contributed by atoms with Crippen LogP contribution in [0.3, 0.4) is 0 Å². The van der Waals surface area contributed by atoms with E-state index in [4.69, 9.17) is 4.74 Å². The number of carbonyl (C=O) groups is 1. The van der Waals surface area contributed by atoms with Gasteiger partial charge in [-0.2, -0.15) is 0 Å². The normalized spacial score (nSPS) is 11.5. The molecule has 6 nitrogen and oxygen atoms in total. The summed E-state index contributed by atoms with van der Waals surface area (Å²) in [5.74, 6) is 0.328. The average molecular weight is 495 g/mol. The molecule has 0 saturated heterocycles. The van der Waals surface area contributed by atoms with Gasteiger partial charge in [0, 0.05) is 25.6 Å². The molecule has 0 unspecified atom stereocenters. The van der Waals surface area contributed by atoms with Gasteiger partial charge < -0.3 is 9.64 Å². The molecule has 1 N–H and O–H groups in total. The van der Waals surface area contributed by atoms with Crippen molar-refractivity contribution in [2.45, 2.75) is 44.0 Å². The fourth-order valence-corrected chi connectivity index (χ4v) is 4.76. The average Bonchev–Trinajstić information content (AvgIpc) is 2.85. The van der Waals surface area contributed by atoms with Crippen molar-refractivity contribution in [3.8, 4) is 5.75 Å². The van der Waals surface area contributed by atoms with Crippen molar-refractivity contribution < 1.29 is 17.9 Å². The summed E-state index contributed by atoms with van der Waals surface area (Å²) in [5.41, 5.74) is 2.52. The van der Waals surface area contributed by atoms with Crippen LogP contribution in [0.2, 0.25) is 0 Å². The molecule has 0 aliphatic rings. The molecule has 0 heterocycles. The first-order valence-corrected chi connectivity index (χ1v) is 13.4. The van der Waals surface area contributed by atoms with Gasteiger partial charge in [0.15, 0.2) is 0 Å². The Morgan fingerprint density at radius 3 is 2.09 bits per heavy atom. The van der Waals surface area contributed by atoms with E-state index in [1.807, 2.05) is 30.3 Å². The highest BCUT2D eigenvalue weighted by molar-refractivity contribution is 7.90. The van der Waals surface area contributed by atoms with Gasteiger partial charge in [-0.3, -0.25) is 4.79 Å². The Balaban J connectivity index is 1.39. The molecule has 0 spiro atoms. The van der Waals surface area contributed by atoms with Crippen molar-refractivity contribution in [1.29, 1.82) is 0 Å². The van der Waals surface area contributed by atoms with Crippen LogP contribution in [0, 0.1) is 0 Å². The van der Waals surface area contributed by atoms with Crippen molar-refractivity contribution in [3.63, 3.8) is 0 Å². The maximum Gasteiger partial charge on any atom is 0.264 e. The Morgan fingerprint density at radius 2 is 1.46 bits per heavy atom. The Bertz CT molecular complexity index is 1150. The molecule has 3 aromatic rings. The highest BCUT2D eigenvalue weighted by atomic mass is 32.2. The first-order valence-electron chi connectivity index (χ1n) is 11.9. The standard InChI is InChI=1S/C28H34N2O4S/c1-23(2)30(20-18-28(31)29-35(32,33)27-12-7-4-8-13-27)19-9-21-34-26-16-14-25(15-17-26)22-24-10-5-3-6-11-24/h3-8,10-17,23H,9,18-22H2,1-2H3,(H,29,31). The van der Waals surface area contributed by atoms with Crippen molar-refractivity contribution in [1.82, 2.24) is 9.62 Å². The first-order chi connectivity index (χ1) is 16.8. The molecular formula is C28H34N2O4S. The molecule has 0 aromatic heterocycles. The zero-order valence-electron chi connectivity index (χ0n) is 20.4. The van der Waals surface area contributed by atoms with Crippen LogP contribution in [-0.2, 0) is 21.2 Å². The molecule has 0 aliphatic carbocycles. The van der Waals surface area contributed by atoms with Crippen molar-refractivity contribution in [2.24, 2.45) is 0 Å². The number of rotatable bonds is 13. The quantitative estimate of drug-likeness (QED) is 0.350. The Labute approximate surface area is 209 Å². The Hall–Kier alpha value is -3.16. The minimum Gasteiger partial charge on any atom is -0.494 e. The second-order valence-corrected chi connectivity index (χ2v) is 10.4. The molecule has 1 amide bonds. The van der Waals surface area contributed by atoms with Crippen LogP contribution < -0.4 is 9.46 Å². The van der Waals surface area contributed by atoms with Crippen LogP contribution in [0.4, 0.5) is 0 Å². The van der Waals surface area contributed by atoms with E-state index in [2.05, 4.69) is 47.7 Å². The van der Waals surface area contributed by atoms with E-state index in [9.17, 15) is 13.2 Å². The summed E-state index contributed by atoms with van der Waals surface area (Å²) in [6, 6.07) is 26.7. The van der Waals surface area contributed by atoms with Crippen LogP contribution in [0.1, 0.15) is 37.8 Å². The van der Waals surface area contributed by atoms with Gasteiger partial charge >= 0.3 is 0 Å². The Morgan fingerprint density at radius 1 is 0.857 bits per heavy atom. The molecule has 3 aromatic carbocycles. The van der Waals surface area contributed by atoms with Gasteiger partial charge in [-0.25, -0.2) is 13.1 Å². The number of nitrogens with zero attached hydrogens (tertiary/aromatic N) is 1. The van der Waals surface area contributed by atoms with Crippen LogP contribution in [0.25, 0.3) is 0 Å². The van der Waals surface area contributed by atoms with E-state index in [1.54, 1.807) is 18.2 Å². The zero-order chi connectivity index (χ0) is 25.1. The van der Waals surface area contributed by atoms with E-state index in [0.29, 0.717) is 13.2 Å². The molecule has 7 heteroatoms. The highest BCUT2D eigenvalue weighted by Crippen LogP contribution is 2.16. The second-order valence-electron chi connectivity index (χ2n) is 8.73. The number of hydrogen-bond acceptors (Lipinski definition) is 5. The van der Waals surface area contributed by atoms with Gasteiger partial charge in [-0.15, -0.1) is 0 Å². The lowest BCUT2D eigenvalue weighted by atomic mass is 10.1. The van der Waals surface area contributed by atoms with Crippen LogP contribution >= 0.6 is 0 Å². The number of amides is 1. The summed E-state index contributed by atoms with van der Waals surface area (Å²) in [4.78, 5) is 14.5. The van der Waals surface area contributed by atoms with Gasteiger partial charge in [-0.1, -0.05) is 60.7 Å². The van der Waals surface area contributed by atoms with Crippen LogP contribution in [0.15, 0.2) is 89.8 Å². The third-order valence-corrected chi connectivity index (χ3v) is 7.08. The molecule has 0 saturated carbocycles. The lowest BCUT2D eigenvalue weighted by Crippen LogP contribution is -2.37. The minimum absolute atomic E-state index is 0.0827. The number of sulfonamides is 1. The largest absolute Gasteiger partial charge is 0.494 e. The number of carbonyl (C=O) groups excluding carboxylic acids is 1. The highest BCUT2D eigenvalue weighted by Gasteiger charge is 2.18. The summed E-state index contributed by atoms with van der Waals surface area (Å²) in [6.45, 7) is 5.91. The summed E-state index contributed by atoms with van der Waals surface area (Å²) in [5, 5.41) is 0. The zero-order valence-corrected chi connectivity index (χ0v) is 21.2. The van der Waals surface area contributed by atoms with E-state index in [-0.39, 0.29) is 17.4 Å². The molecule has 0 radical (unpaired) electrons. The SMILES string of the molecule is CC(C)N(CCCOc1ccc(Cc2ccccc2)cc1)CCC(=O)NS(=O)(=O)c1ccccc1. The van der Waals surface area contributed by atoms with Crippen molar-refractivity contribution in [3.05, 3.63) is 96.1 Å². The molecule has 3 rings (SSSR count). The number of nitrogens with one attached hydrogen (secondary N) is 1. The van der Waals surface area contributed by atoms with Crippen LogP contribution in [0.5, 0.6) is 5.75 Å². The number of benzene rings is 3. The van der Waals surface area contributed by atoms with E-state index < -0.39 is 15.9 Å². The van der Waals surface area contributed by atoms with Gasteiger partial charge in [0.25, 0.3) is 10.0 Å². The maximum atomic E-state index is 12.3. The lowest BCUT2D eigenvalue weighted by Gasteiger charge is -2.26. The molecule has 0 bridgehead atoms. The van der Waals surface area contributed by atoms with E-state index in [0.717, 1.165) is 25.1 Å². The van der Waals surface area contributed by atoms with Crippen molar-refractivity contribution in [2.75, 3.05) is 19.7 Å². The maximum absolute atomic E-state index is 12.3. The monoisotopic (exact) mass is 494 g/mol. The predicted octanol–water partition coefficient (Wildman–Crippen LogP) is 4.65. The third kappa shape index (κ3) is 8.85. The van der Waals surface area contributed by atoms with E-state index >= 15 is 0 Å². The molecule has 35 heavy (non-hydrogen) atoms. The van der Waals surface area contributed by atoms with Crippen molar-refractivity contribution >= 4 is 15.9 Å². The molecule has 186 valence electrons. The van der Waals surface area contributed by atoms with Gasteiger partial charge in [0.05, 0.1) is 11.5 Å². The number of hydrogen-bond donors (Lipinski definition) is 1. The summed E-state index contributed by atoms with van der Waals surface area (Å²) in [7, 11) is -3.84. The fraction of sp³-hybridized carbons (Fsp3) is 0.321. The second kappa shape index (κ2) is 13.1. The topological polar surface area (TPSA) is 75.7 Å². The lowest BCUT2D eigenvalue weighted by molar-refractivity contribution is -0.119. The molecule has 0 atom stereocenters. The van der Waals surface area contributed by atoms with Gasteiger partial charge in [0.2, 0.25) is 5.91 Å². The Kier molecular flexibility index (Phi) is 9.87. The third-order valence-electron chi connectivity index (χ3n) is 5.69. The summed E-state index contributed by atoms with van der Waals surface area (Å²) in [6.07, 6.45) is 1.80. The molecule has 0 aliphatic heterocycles. The van der Waals surface area contributed by atoms with Gasteiger partial charge in [0.1, 0.15) is 5.75 Å². The molecule has 0 fully saturated rings. The van der Waals surface area contributed by atoms with Gasteiger partial charge in [-0.05, 0) is 62.1 Å². The summed E-state index contributed by atoms with van der Waals surface area (Å²) >= 11 is 0. The van der Waals surface area contributed by atoms with Crippen LogP contribution in [-0.4, -0.2) is 45.0 Å².